The van der Waals surface area contributed by atoms with Crippen LogP contribution in [0.15, 0.2) is 46.9 Å². The molecule has 2 aromatic carbocycles. The Hall–Kier alpha value is -1.12. The number of halogens is 1. The molecule has 0 radical (unpaired) electrons. The van der Waals surface area contributed by atoms with E-state index in [9.17, 15) is 5.11 Å². The summed E-state index contributed by atoms with van der Waals surface area (Å²) in [5.74, 6) is 0. The quantitative estimate of drug-likeness (QED) is 0.882. The maximum Gasteiger partial charge on any atom is 0.0687 e. The summed E-state index contributed by atoms with van der Waals surface area (Å²) in [4.78, 5) is 0. The van der Waals surface area contributed by atoms with Crippen molar-refractivity contribution >= 4 is 15.9 Å². The average Bonchev–Trinajstić information content (AvgIpc) is 2.33. The normalized spacial score (nSPS) is 10.4. The van der Waals surface area contributed by atoms with Gasteiger partial charge in [-0.05, 0) is 35.2 Å². The fourth-order valence-corrected chi connectivity index (χ4v) is 2.19. The summed E-state index contributed by atoms with van der Waals surface area (Å²) in [6.45, 7) is 2.15. The van der Waals surface area contributed by atoms with Gasteiger partial charge in [-0.1, -0.05) is 52.3 Å². The number of hydrogen-bond acceptors (Lipinski definition) is 1. The van der Waals surface area contributed by atoms with Crippen LogP contribution < -0.4 is 0 Å². The van der Waals surface area contributed by atoms with Crippen molar-refractivity contribution in [3.05, 3.63) is 58.1 Å². The van der Waals surface area contributed by atoms with Gasteiger partial charge in [0, 0.05) is 4.47 Å². The fraction of sp³-hybridized carbons (Fsp3) is 0.143. The summed E-state index contributed by atoms with van der Waals surface area (Å²) in [6, 6.07) is 14.1. The van der Waals surface area contributed by atoms with E-state index in [-0.39, 0.29) is 6.61 Å². The topological polar surface area (TPSA) is 20.2 Å². The maximum absolute atomic E-state index is 9.33. The van der Waals surface area contributed by atoms with E-state index < -0.39 is 0 Å². The second kappa shape index (κ2) is 4.81. The fourth-order valence-electron chi connectivity index (χ4n) is 1.82. The highest BCUT2D eigenvalue weighted by atomic mass is 79.9. The first-order valence-corrected chi connectivity index (χ1v) is 5.97. The van der Waals surface area contributed by atoms with Gasteiger partial charge >= 0.3 is 0 Å². The zero-order valence-electron chi connectivity index (χ0n) is 9.07. The second-order valence-electron chi connectivity index (χ2n) is 3.73. The molecular formula is C14H13BrO. The molecule has 0 aliphatic carbocycles. The number of hydrogen-bond donors (Lipinski definition) is 1. The summed E-state index contributed by atoms with van der Waals surface area (Å²) >= 11 is 3.53. The number of aliphatic hydroxyl groups excluding tert-OH is 1. The van der Waals surface area contributed by atoms with E-state index >= 15 is 0 Å². The van der Waals surface area contributed by atoms with Crippen LogP contribution in [0.25, 0.3) is 11.1 Å². The largest absolute Gasteiger partial charge is 0.392 e. The van der Waals surface area contributed by atoms with Gasteiger partial charge in [-0.2, -0.15) is 0 Å². The van der Waals surface area contributed by atoms with Crippen molar-refractivity contribution in [3.8, 4) is 11.1 Å². The molecule has 2 heteroatoms. The molecule has 1 nitrogen and oxygen atoms in total. The Morgan fingerprint density at radius 3 is 2.44 bits per heavy atom. The van der Waals surface area contributed by atoms with E-state index in [1.54, 1.807) is 0 Å². The molecule has 0 bridgehead atoms. The highest BCUT2D eigenvalue weighted by Crippen LogP contribution is 2.30. The molecule has 1 N–H and O–H groups in total. The lowest BCUT2D eigenvalue weighted by molar-refractivity contribution is 0.282. The minimum absolute atomic E-state index is 0.0716. The monoisotopic (exact) mass is 276 g/mol. The van der Waals surface area contributed by atoms with Crippen LogP contribution in [0.3, 0.4) is 0 Å². The van der Waals surface area contributed by atoms with Crippen molar-refractivity contribution in [1.29, 1.82) is 0 Å². The molecule has 2 aromatic rings. The van der Waals surface area contributed by atoms with Gasteiger partial charge in [0.15, 0.2) is 0 Å². The molecule has 82 valence electrons. The Balaban J connectivity index is 2.63. The Morgan fingerprint density at radius 1 is 1.00 bits per heavy atom. The zero-order chi connectivity index (χ0) is 11.5. The van der Waals surface area contributed by atoms with Crippen LogP contribution in [-0.4, -0.2) is 5.11 Å². The number of aliphatic hydroxyl groups is 1. The molecule has 16 heavy (non-hydrogen) atoms. The third-order valence-corrected chi connectivity index (χ3v) is 3.60. The lowest BCUT2D eigenvalue weighted by atomic mass is 9.96. The predicted octanol–water partition coefficient (Wildman–Crippen LogP) is 3.92. The first-order chi connectivity index (χ1) is 7.74. The summed E-state index contributed by atoms with van der Waals surface area (Å²) in [5, 5.41) is 9.33. The second-order valence-corrected chi connectivity index (χ2v) is 4.58. The van der Waals surface area contributed by atoms with Gasteiger partial charge in [0.2, 0.25) is 0 Å². The van der Waals surface area contributed by atoms with Crippen LogP contribution in [-0.2, 0) is 6.61 Å². The Labute approximate surface area is 104 Å². The summed E-state index contributed by atoms with van der Waals surface area (Å²) in [5.41, 5.74) is 4.43. The average molecular weight is 277 g/mol. The van der Waals surface area contributed by atoms with Crippen LogP contribution in [0.4, 0.5) is 0 Å². The molecule has 0 amide bonds. The van der Waals surface area contributed by atoms with Crippen LogP contribution in [0.2, 0.25) is 0 Å². The van der Waals surface area contributed by atoms with Gasteiger partial charge in [-0.3, -0.25) is 0 Å². The standard InChI is InChI=1S/C14H13BrO/c1-10-12(7-4-8-14(10)15)13-6-3-2-5-11(13)9-16/h2-8,16H,9H2,1H3. The van der Waals surface area contributed by atoms with Crippen molar-refractivity contribution in [2.24, 2.45) is 0 Å². The van der Waals surface area contributed by atoms with E-state index in [1.807, 2.05) is 36.4 Å². The first-order valence-electron chi connectivity index (χ1n) is 5.18. The van der Waals surface area contributed by atoms with Crippen molar-refractivity contribution in [2.75, 3.05) is 0 Å². The molecule has 0 unspecified atom stereocenters. The minimum atomic E-state index is 0.0716. The first kappa shape index (κ1) is 11.4. The van der Waals surface area contributed by atoms with Gasteiger partial charge in [0.25, 0.3) is 0 Å². The summed E-state index contributed by atoms with van der Waals surface area (Å²) in [7, 11) is 0. The summed E-state index contributed by atoms with van der Waals surface area (Å²) in [6.07, 6.45) is 0. The van der Waals surface area contributed by atoms with Crippen molar-refractivity contribution in [2.45, 2.75) is 13.5 Å². The zero-order valence-corrected chi connectivity index (χ0v) is 10.7. The van der Waals surface area contributed by atoms with Crippen LogP contribution in [0, 0.1) is 6.92 Å². The van der Waals surface area contributed by atoms with Gasteiger partial charge < -0.3 is 5.11 Å². The van der Waals surface area contributed by atoms with Gasteiger partial charge in [0.1, 0.15) is 0 Å². The van der Waals surface area contributed by atoms with Crippen LogP contribution >= 0.6 is 15.9 Å². The molecule has 0 fully saturated rings. The van der Waals surface area contributed by atoms with Crippen LogP contribution in [0.1, 0.15) is 11.1 Å². The van der Waals surface area contributed by atoms with Gasteiger partial charge in [-0.15, -0.1) is 0 Å². The van der Waals surface area contributed by atoms with Gasteiger partial charge in [-0.25, -0.2) is 0 Å². The van der Waals surface area contributed by atoms with Crippen molar-refractivity contribution in [1.82, 2.24) is 0 Å². The Bertz CT molecular complexity index is 506. The predicted molar refractivity (Wildman–Crippen MR) is 70.2 cm³/mol. The minimum Gasteiger partial charge on any atom is -0.392 e. The molecule has 0 aliphatic heterocycles. The van der Waals surface area contributed by atoms with E-state index in [2.05, 4.69) is 28.9 Å². The van der Waals surface area contributed by atoms with Crippen molar-refractivity contribution < 1.29 is 5.11 Å². The molecule has 0 heterocycles. The molecule has 2 rings (SSSR count). The molecule has 0 saturated heterocycles. The van der Waals surface area contributed by atoms with E-state index in [0.717, 1.165) is 15.6 Å². The molecular weight excluding hydrogens is 264 g/mol. The third-order valence-electron chi connectivity index (χ3n) is 2.75. The maximum atomic E-state index is 9.33. The Morgan fingerprint density at radius 2 is 1.69 bits per heavy atom. The number of benzene rings is 2. The molecule has 0 aliphatic rings. The lowest BCUT2D eigenvalue weighted by Crippen LogP contribution is -1.91. The van der Waals surface area contributed by atoms with Crippen molar-refractivity contribution in [3.63, 3.8) is 0 Å². The highest BCUT2D eigenvalue weighted by Gasteiger charge is 2.07. The highest BCUT2D eigenvalue weighted by molar-refractivity contribution is 9.10. The van der Waals surface area contributed by atoms with E-state index in [0.29, 0.717) is 0 Å². The van der Waals surface area contributed by atoms with Gasteiger partial charge in [0.05, 0.1) is 6.61 Å². The van der Waals surface area contributed by atoms with E-state index in [4.69, 9.17) is 0 Å². The molecule has 0 saturated carbocycles. The van der Waals surface area contributed by atoms with Crippen LogP contribution in [0.5, 0.6) is 0 Å². The number of rotatable bonds is 2. The molecule has 0 atom stereocenters. The third kappa shape index (κ3) is 2.04. The Kier molecular flexibility index (Phi) is 3.42. The van der Waals surface area contributed by atoms with E-state index in [1.165, 1.54) is 11.1 Å². The lowest BCUT2D eigenvalue weighted by Gasteiger charge is -2.11. The molecule has 0 spiro atoms. The summed E-state index contributed by atoms with van der Waals surface area (Å²) < 4.78 is 1.10. The smallest absolute Gasteiger partial charge is 0.0687 e. The molecule has 0 aromatic heterocycles. The SMILES string of the molecule is Cc1c(Br)cccc1-c1ccccc1CO.